The molecule has 2 N–H and O–H groups in total. The molecule has 0 spiro atoms. The van der Waals surface area contributed by atoms with E-state index in [0.29, 0.717) is 0 Å². The molecule has 14 heavy (non-hydrogen) atoms. The Morgan fingerprint density at radius 2 is 1.79 bits per heavy atom. The minimum Gasteiger partial charge on any atom is -0.381 e. The van der Waals surface area contributed by atoms with E-state index in [2.05, 4.69) is 12.2 Å². The van der Waals surface area contributed by atoms with Crippen LogP contribution in [0, 0.1) is 11.8 Å². The molecular weight excluding hydrogens is 174 g/mol. The van der Waals surface area contributed by atoms with Crippen molar-refractivity contribution in [1.29, 1.82) is 0 Å². The minimum atomic E-state index is 0.130. The van der Waals surface area contributed by atoms with Crippen molar-refractivity contribution in [3.05, 3.63) is 0 Å². The molecule has 0 bridgehead atoms. The summed E-state index contributed by atoms with van der Waals surface area (Å²) in [5, 5.41) is 11.7. The van der Waals surface area contributed by atoms with Gasteiger partial charge < -0.3 is 5.11 Å². The zero-order chi connectivity index (χ0) is 10.2. The summed E-state index contributed by atoms with van der Waals surface area (Å²) in [5.41, 5.74) is 0. The second-order valence-electron chi connectivity index (χ2n) is 4.54. The molecule has 0 aliphatic heterocycles. The molecule has 0 saturated heterocycles. The third-order valence-electron chi connectivity index (χ3n) is 3.53. The maximum Gasteiger partial charge on any atom is 0.0931 e. The van der Waals surface area contributed by atoms with Crippen LogP contribution in [0.25, 0.3) is 0 Å². The Hall–Kier alpha value is -0.0800. The Kier molecular flexibility index (Phi) is 6.20. The molecule has 1 saturated carbocycles. The average Bonchev–Trinajstić information content (AvgIpc) is 2.21. The normalized spacial score (nSPS) is 27.9. The van der Waals surface area contributed by atoms with Crippen molar-refractivity contribution < 1.29 is 5.11 Å². The zero-order valence-corrected chi connectivity index (χ0v) is 9.47. The third kappa shape index (κ3) is 3.97. The fourth-order valence-electron chi connectivity index (χ4n) is 2.78. The Labute approximate surface area is 88.1 Å². The first-order valence-corrected chi connectivity index (χ1v) is 6.20. The Morgan fingerprint density at radius 3 is 2.36 bits per heavy atom. The summed E-state index contributed by atoms with van der Waals surface area (Å²) in [4.78, 5) is 0. The largest absolute Gasteiger partial charge is 0.381 e. The number of aliphatic hydroxyl groups excluding tert-OH is 1. The van der Waals surface area contributed by atoms with E-state index in [1.165, 1.54) is 44.9 Å². The van der Waals surface area contributed by atoms with Crippen LogP contribution in [0.15, 0.2) is 0 Å². The SMILES string of the molecule is CCCC1CCCCC1CCNCO. The highest BCUT2D eigenvalue weighted by Gasteiger charge is 2.23. The highest BCUT2D eigenvalue weighted by atomic mass is 16.3. The van der Waals surface area contributed by atoms with Gasteiger partial charge in [-0.25, -0.2) is 0 Å². The molecular formula is C12H25NO. The molecule has 0 amide bonds. The van der Waals surface area contributed by atoms with E-state index in [1.807, 2.05) is 0 Å². The monoisotopic (exact) mass is 199 g/mol. The standard InChI is InChI=1S/C12H25NO/c1-2-5-11-6-3-4-7-12(11)8-9-13-10-14/h11-14H,2-10H2,1H3. The molecule has 1 aliphatic rings. The molecule has 0 aromatic rings. The molecule has 1 aliphatic carbocycles. The van der Waals surface area contributed by atoms with Gasteiger partial charge in [0, 0.05) is 0 Å². The van der Waals surface area contributed by atoms with Crippen LogP contribution in [0.3, 0.4) is 0 Å². The predicted octanol–water partition coefficient (Wildman–Crippen LogP) is 2.52. The number of aliphatic hydroxyl groups is 1. The summed E-state index contributed by atoms with van der Waals surface area (Å²) in [6.07, 6.45) is 9.71. The van der Waals surface area contributed by atoms with Crippen LogP contribution in [0.5, 0.6) is 0 Å². The second-order valence-corrected chi connectivity index (χ2v) is 4.54. The number of nitrogens with one attached hydrogen (secondary N) is 1. The van der Waals surface area contributed by atoms with Gasteiger partial charge in [0.05, 0.1) is 6.73 Å². The Morgan fingerprint density at radius 1 is 1.14 bits per heavy atom. The highest BCUT2D eigenvalue weighted by molar-refractivity contribution is 4.75. The first-order valence-electron chi connectivity index (χ1n) is 6.20. The van der Waals surface area contributed by atoms with Gasteiger partial charge in [-0.2, -0.15) is 0 Å². The number of rotatable bonds is 6. The van der Waals surface area contributed by atoms with Gasteiger partial charge in [-0.05, 0) is 24.8 Å². The zero-order valence-electron chi connectivity index (χ0n) is 9.47. The van der Waals surface area contributed by atoms with Crippen molar-refractivity contribution in [2.75, 3.05) is 13.3 Å². The predicted molar refractivity (Wildman–Crippen MR) is 60.1 cm³/mol. The summed E-state index contributed by atoms with van der Waals surface area (Å²) in [7, 11) is 0. The summed E-state index contributed by atoms with van der Waals surface area (Å²) >= 11 is 0. The molecule has 84 valence electrons. The molecule has 2 heteroatoms. The maximum absolute atomic E-state index is 8.65. The topological polar surface area (TPSA) is 32.3 Å². The van der Waals surface area contributed by atoms with E-state index in [0.717, 1.165) is 18.4 Å². The Balaban J connectivity index is 2.22. The van der Waals surface area contributed by atoms with Crippen LogP contribution in [-0.4, -0.2) is 18.4 Å². The van der Waals surface area contributed by atoms with Crippen LogP contribution < -0.4 is 5.32 Å². The van der Waals surface area contributed by atoms with Crippen molar-refractivity contribution in [2.24, 2.45) is 11.8 Å². The number of hydrogen-bond donors (Lipinski definition) is 2. The maximum atomic E-state index is 8.65. The number of hydrogen-bond acceptors (Lipinski definition) is 2. The minimum absolute atomic E-state index is 0.130. The van der Waals surface area contributed by atoms with Crippen LogP contribution >= 0.6 is 0 Å². The van der Waals surface area contributed by atoms with Gasteiger partial charge in [0.25, 0.3) is 0 Å². The third-order valence-corrected chi connectivity index (χ3v) is 3.53. The summed E-state index contributed by atoms with van der Waals surface area (Å²) in [6.45, 7) is 3.41. The molecule has 2 nitrogen and oxygen atoms in total. The van der Waals surface area contributed by atoms with Gasteiger partial charge >= 0.3 is 0 Å². The molecule has 1 rings (SSSR count). The molecule has 0 heterocycles. The van der Waals surface area contributed by atoms with Crippen molar-refractivity contribution in [2.45, 2.75) is 51.9 Å². The van der Waals surface area contributed by atoms with E-state index in [9.17, 15) is 0 Å². The smallest absolute Gasteiger partial charge is 0.0931 e. The Bertz CT molecular complexity index is 136. The lowest BCUT2D eigenvalue weighted by Gasteiger charge is -2.31. The molecule has 0 aromatic heterocycles. The first-order chi connectivity index (χ1) is 6.88. The lowest BCUT2D eigenvalue weighted by Crippen LogP contribution is -2.25. The first kappa shape index (κ1) is 12.0. The van der Waals surface area contributed by atoms with Crippen LogP contribution in [0.4, 0.5) is 0 Å². The highest BCUT2D eigenvalue weighted by Crippen LogP contribution is 2.34. The van der Waals surface area contributed by atoms with Crippen molar-refractivity contribution in [3.8, 4) is 0 Å². The van der Waals surface area contributed by atoms with Gasteiger partial charge in [0.15, 0.2) is 0 Å². The fraction of sp³-hybridized carbons (Fsp3) is 1.00. The van der Waals surface area contributed by atoms with Crippen LogP contribution in [-0.2, 0) is 0 Å². The van der Waals surface area contributed by atoms with E-state index in [1.54, 1.807) is 0 Å². The van der Waals surface area contributed by atoms with Crippen LogP contribution in [0.1, 0.15) is 51.9 Å². The van der Waals surface area contributed by atoms with E-state index in [4.69, 9.17) is 5.11 Å². The quantitative estimate of drug-likeness (QED) is 0.509. The van der Waals surface area contributed by atoms with Gasteiger partial charge in [0.2, 0.25) is 0 Å². The lowest BCUT2D eigenvalue weighted by molar-refractivity contribution is 0.197. The van der Waals surface area contributed by atoms with Gasteiger partial charge in [0.1, 0.15) is 0 Å². The van der Waals surface area contributed by atoms with Gasteiger partial charge in [-0.15, -0.1) is 0 Å². The summed E-state index contributed by atoms with van der Waals surface area (Å²) in [6, 6.07) is 0. The lowest BCUT2D eigenvalue weighted by atomic mass is 9.75. The molecule has 0 radical (unpaired) electrons. The van der Waals surface area contributed by atoms with Crippen molar-refractivity contribution in [1.82, 2.24) is 5.32 Å². The molecule has 1 fully saturated rings. The van der Waals surface area contributed by atoms with Crippen molar-refractivity contribution in [3.63, 3.8) is 0 Å². The van der Waals surface area contributed by atoms with Gasteiger partial charge in [-0.3, -0.25) is 5.32 Å². The summed E-state index contributed by atoms with van der Waals surface area (Å²) < 4.78 is 0. The summed E-state index contributed by atoms with van der Waals surface area (Å²) in [5.74, 6) is 1.89. The van der Waals surface area contributed by atoms with Crippen molar-refractivity contribution >= 4 is 0 Å². The second kappa shape index (κ2) is 7.24. The van der Waals surface area contributed by atoms with Gasteiger partial charge in [-0.1, -0.05) is 45.4 Å². The van der Waals surface area contributed by atoms with E-state index >= 15 is 0 Å². The average molecular weight is 199 g/mol. The van der Waals surface area contributed by atoms with E-state index < -0.39 is 0 Å². The van der Waals surface area contributed by atoms with Crippen LogP contribution in [0.2, 0.25) is 0 Å². The fourth-order valence-corrected chi connectivity index (χ4v) is 2.78. The molecule has 0 aromatic carbocycles. The van der Waals surface area contributed by atoms with E-state index in [-0.39, 0.29) is 6.73 Å². The molecule has 2 unspecified atom stereocenters. The molecule has 2 atom stereocenters.